The fourth-order valence-corrected chi connectivity index (χ4v) is 6.32. The molecule has 0 saturated carbocycles. The quantitative estimate of drug-likeness (QED) is 0.0271. The van der Waals surface area contributed by atoms with Crippen LogP contribution in [0.3, 0.4) is 0 Å². The van der Waals surface area contributed by atoms with E-state index in [9.17, 15) is 19.0 Å². The van der Waals surface area contributed by atoms with Gasteiger partial charge >= 0.3 is 19.8 Å². The average Bonchev–Trinajstić information content (AvgIpc) is 3.14. The highest BCUT2D eigenvalue weighted by atomic mass is 31.2. The number of phosphoric acid groups is 1. The molecule has 0 aliphatic heterocycles. The Morgan fingerprint density at radius 1 is 0.566 bits per heavy atom. The van der Waals surface area contributed by atoms with Crippen molar-refractivity contribution in [3.63, 3.8) is 0 Å². The Morgan fingerprint density at radius 3 is 1.49 bits per heavy atom. The van der Waals surface area contributed by atoms with Crippen molar-refractivity contribution >= 4 is 19.8 Å². The number of carbonyl (C=O) groups excluding carboxylic acids is 2. The Bertz CT molecular complexity index is 1010. The molecule has 0 heterocycles. The summed E-state index contributed by atoms with van der Waals surface area (Å²) in [6.07, 6.45) is 44.2. The van der Waals surface area contributed by atoms with Crippen molar-refractivity contribution in [1.29, 1.82) is 0 Å². The first-order valence-corrected chi connectivity index (χ1v) is 22.6. The Balaban J connectivity index is 4.22. The molecule has 0 spiro atoms. The van der Waals surface area contributed by atoms with E-state index >= 15 is 0 Å². The van der Waals surface area contributed by atoms with Crippen LogP contribution in [0.25, 0.3) is 0 Å². The van der Waals surface area contributed by atoms with Gasteiger partial charge in [0.2, 0.25) is 0 Å². The van der Waals surface area contributed by atoms with Crippen LogP contribution in [0.1, 0.15) is 181 Å². The van der Waals surface area contributed by atoms with Gasteiger partial charge in [0, 0.05) is 19.4 Å². The van der Waals surface area contributed by atoms with Gasteiger partial charge in [0.1, 0.15) is 6.61 Å². The first-order valence-electron chi connectivity index (χ1n) is 21.1. The van der Waals surface area contributed by atoms with Crippen LogP contribution in [0, 0.1) is 0 Å². The van der Waals surface area contributed by atoms with Crippen molar-refractivity contribution in [1.82, 2.24) is 0 Å². The number of unbranched alkanes of at least 4 members (excludes halogenated alkanes) is 18. The predicted molar refractivity (Wildman–Crippen MR) is 220 cm³/mol. The standard InChI is InChI=1S/C43H78NO8P/c1-3-5-7-9-11-13-15-17-18-19-20-21-22-24-25-27-29-31-33-35-42(45)49-39-41(40-51-53(47,48)50-38-37-44)52-43(46)36-34-32-30-28-26-23-16-14-12-10-8-6-4-2/h11,13,17-18,20-21,24-25,41H,3-10,12,14-16,19,22-23,26-40,44H2,1-2H3,(H,47,48)/b13-11-,18-17-,21-20-,25-24-/t41-/m1/s1. The Hall–Kier alpha value is -2.03. The van der Waals surface area contributed by atoms with Crippen molar-refractivity contribution < 1.29 is 37.6 Å². The summed E-state index contributed by atoms with van der Waals surface area (Å²) in [6, 6.07) is 0. The van der Waals surface area contributed by atoms with Gasteiger partial charge < -0.3 is 20.1 Å². The number of carbonyl (C=O) groups is 2. The molecule has 0 aromatic carbocycles. The summed E-state index contributed by atoms with van der Waals surface area (Å²) in [5.74, 6) is -0.864. The van der Waals surface area contributed by atoms with Crippen LogP contribution >= 0.6 is 7.82 Å². The first-order chi connectivity index (χ1) is 25.8. The fourth-order valence-electron chi connectivity index (χ4n) is 5.56. The van der Waals surface area contributed by atoms with Gasteiger partial charge in [-0.2, -0.15) is 0 Å². The van der Waals surface area contributed by atoms with Gasteiger partial charge in [0.05, 0.1) is 13.2 Å². The van der Waals surface area contributed by atoms with Gasteiger partial charge in [-0.05, 0) is 57.8 Å². The molecule has 0 amide bonds. The number of allylic oxidation sites excluding steroid dienone is 8. The van der Waals surface area contributed by atoms with Gasteiger partial charge in [-0.1, -0.05) is 159 Å². The van der Waals surface area contributed by atoms with Crippen LogP contribution in [0.5, 0.6) is 0 Å². The SMILES string of the molecule is CCCCC/C=C\C/C=C\C/C=C\C/C=C\CCCCCC(=O)OC[C@H](COP(=O)(O)OCCN)OC(=O)CCCCCCCCCCCCCCC. The van der Waals surface area contributed by atoms with E-state index < -0.39 is 32.5 Å². The van der Waals surface area contributed by atoms with Crippen molar-refractivity contribution in [3.05, 3.63) is 48.6 Å². The van der Waals surface area contributed by atoms with Gasteiger partial charge in [-0.3, -0.25) is 18.6 Å². The molecule has 9 nitrogen and oxygen atoms in total. The second-order valence-electron chi connectivity index (χ2n) is 13.9. The Labute approximate surface area is 324 Å². The van der Waals surface area contributed by atoms with Gasteiger partial charge in [0.25, 0.3) is 0 Å². The predicted octanol–water partition coefficient (Wildman–Crippen LogP) is 11.9. The van der Waals surface area contributed by atoms with Crippen LogP contribution in [-0.2, 0) is 32.7 Å². The summed E-state index contributed by atoms with van der Waals surface area (Å²) in [5.41, 5.74) is 5.34. The minimum Gasteiger partial charge on any atom is -0.462 e. The zero-order valence-corrected chi connectivity index (χ0v) is 34.6. The third-order valence-electron chi connectivity index (χ3n) is 8.72. The summed E-state index contributed by atoms with van der Waals surface area (Å²) < 4.78 is 32.7. The molecular formula is C43H78NO8P. The minimum absolute atomic E-state index is 0.0482. The number of esters is 2. The molecule has 308 valence electrons. The summed E-state index contributed by atoms with van der Waals surface area (Å²) in [5, 5.41) is 0. The maximum absolute atomic E-state index is 12.5. The molecule has 0 rings (SSSR count). The van der Waals surface area contributed by atoms with E-state index in [1.165, 1.54) is 83.5 Å². The van der Waals surface area contributed by atoms with E-state index in [-0.39, 0.29) is 32.6 Å². The van der Waals surface area contributed by atoms with Crippen molar-refractivity contribution in [3.8, 4) is 0 Å². The molecule has 1 unspecified atom stereocenters. The van der Waals surface area contributed by atoms with Crippen LogP contribution in [0.2, 0.25) is 0 Å². The first kappa shape index (κ1) is 51.0. The van der Waals surface area contributed by atoms with Crippen LogP contribution in [0.4, 0.5) is 0 Å². The topological polar surface area (TPSA) is 134 Å². The van der Waals surface area contributed by atoms with E-state index in [0.717, 1.165) is 57.8 Å². The van der Waals surface area contributed by atoms with Gasteiger partial charge in [-0.15, -0.1) is 0 Å². The zero-order valence-electron chi connectivity index (χ0n) is 33.7. The molecule has 0 aromatic heterocycles. The van der Waals surface area contributed by atoms with Crippen LogP contribution < -0.4 is 5.73 Å². The molecule has 0 fully saturated rings. The Morgan fingerprint density at radius 2 is 0.981 bits per heavy atom. The average molecular weight is 768 g/mol. The minimum atomic E-state index is -4.38. The van der Waals surface area contributed by atoms with Crippen molar-refractivity contribution in [2.24, 2.45) is 5.73 Å². The van der Waals surface area contributed by atoms with Crippen LogP contribution in [-0.4, -0.2) is 49.3 Å². The second kappa shape index (κ2) is 39.7. The molecule has 0 aliphatic carbocycles. The number of rotatable bonds is 39. The normalized spacial score (nSPS) is 13.8. The molecule has 3 N–H and O–H groups in total. The van der Waals surface area contributed by atoms with Gasteiger partial charge in [0.15, 0.2) is 6.10 Å². The molecule has 2 atom stereocenters. The van der Waals surface area contributed by atoms with E-state index in [2.05, 4.69) is 62.5 Å². The Kier molecular flexibility index (Phi) is 38.1. The summed E-state index contributed by atoms with van der Waals surface area (Å²) >= 11 is 0. The van der Waals surface area contributed by atoms with E-state index in [4.69, 9.17) is 24.3 Å². The molecule has 0 bridgehead atoms. The highest BCUT2D eigenvalue weighted by Crippen LogP contribution is 2.43. The molecule has 10 heteroatoms. The van der Waals surface area contributed by atoms with Crippen molar-refractivity contribution in [2.75, 3.05) is 26.4 Å². The van der Waals surface area contributed by atoms with E-state index in [1.54, 1.807) is 0 Å². The number of hydrogen-bond acceptors (Lipinski definition) is 8. The molecular weight excluding hydrogens is 689 g/mol. The lowest BCUT2D eigenvalue weighted by atomic mass is 10.0. The second-order valence-corrected chi connectivity index (χ2v) is 15.3. The third kappa shape index (κ3) is 39.5. The molecule has 0 aromatic rings. The van der Waals surface area contributed by atoms with E-state index in [1.807, 2.05) is 0 Å². The highest BCUT2D eigenvalue weighted by Gasteiger charge is 2.26. The molecule has 53 heavy (non-hydrogen) atoms. The highest BCUT2D eigenvalue weighted by molar-refractivity contribution is 7.47. The van der Waals surface area contributed by atoms with Gasteiger partial charge in [-0.25, -0.2) is 4.57 Å². The number of nitrogens with two attached hydrogens (primary N) is 1. The molecule has 0 saturated heterocycles. The maximum atomic E-state index is 12.5. The fraction of sp³-hybridized carbons (Fsp3) is 0.767. The summed E-state index contributed by atoms with van der Waals surface area (Å²) in [6.45, 7) is 3.66. The molecule has 0 radical (unpaired) electrons. The number of hydrogen-bond donors (Lipinski definition) is 2. The smallest absolute Gasteiger partial charge is 0.462 e. The number of ether oxygens (including phenoxy) is 2. The summed E-state index contributed by atoms with van der Waals surface area (Å²) in [7, 11) is -4.38. The maximum Gasteiger partial charge on any atom is 0.472 e. The third-order valence-corrected chi connectivity index (χ3v) is 9.70. The number of phosphoric ester groups is 1. The van der Waals surface area contributed by atoms with Crippen LogP contribution in [0.15, 0.2) is 48.6 Å². The molecule has 0 aliphatic rings. The monoisotopic (exact) mass is 768 g/mol. The lowest BCUT2D eigenvalue weighted by molar-refractivity contribution is -0.161. The lowest BCUT2D eigenvalue weighted by Gasteiger charge is -2.19. The van der Waals surface area contributed by atoms with E-state index in [0.29, 0.717) is 12.8 Å². The van der Waals surface area contributed by atoms with Crippen molar-refractivity contribution in [2.45, 2.75) is 187 Å². The summed E-state index contributed by atoms with van der Waals surface area (Å²) in [4.78, 5) is 34.8. The largest absolute Gasteiger partial charge is 0.472 e. The zero-order chi connectivity index (χ0) is 38.9. The lowest BCUT2D eigenvalue weighted by Crippen LogP contribution is -2.29.